The molecule has 1 aromatic heterocycles. The molecule has 1 aliphatic rings. The zero-order valence-electron chi connectivity index (χ0n) is 12.4. The van der Waals surface area contributed by atoms with Crippen molar-refractivity contribution in [3.05, 3.63) is 59.0 Å². The zero-order chi connectivity index (χ0) is 14.8. The predicted molar refractivity (Wildman–Crippen MR) is 80.8 cm³/mol. The minimum atomic E-state index is -0.243. The van der Waals surface area contributed by atoms with Crippen molar-refractivity contribution in [1.82, 2.24) is 10.2 Å². The number of carbonyl (C=O) groups excluding carboxylic acids is 1. The number of carbonyl (C=O) groups is 1. The summed E-state index contributed by atoms with van der Waals surface area (Å²) in [7, 11) is 1.84. The number of furan rings is 1. The van der Waals surface area contributed by atoms with Crippen LogP contribution in [0.2, 0.25) is 0 Å². The van der Waals surface area contributed by atoms with Gasteiger partial charge >= 0.3 is 0 Å². The van der Waals surface area contributed by atoms with Crippen LogP contribution in [0.5, 0.6) is 0 Å². The second-order valence-electron chi connectivity index (χ2n) is 5.53. The number of benzene rings is 1. The molecule has 0 radical (unpaired) electrons. The number of nitrogens with one attached hydrogen (secondary N) is 1. The molecule has 4 heteroatoms. The van der Waals surface area contributed by atoms with Crippen LogP contribution in [0.15, 0.2) is 41.0 Å². The minimum Gasteiger partial charge on any atom is -0.469 e. The van der Waals surface area contributed by atoms with Crippen molar-refractivity contribution in [2.45, 2.75) is 25.9 Å². The van der Waals surface area contributed by atoms with E-state index in [-0.39, 0.29) is 11.9 Å². The average molecular weight is 284 g/mol. The molecule has 1 aliphatic heterocycles. The first-order chi connectivity index (χ1) is 10.2. The van der Waals surface area contributed by atoms with Gasteiger partial charge in [0.15, 0.2) is 0 Å². The van der Waals surface area contributed by atoms with Gasteiger partial charge in [-0.3, -0.25) is 4.79 Å². The van der Waals surface area contributed by atoms with Crippen LogP contribution in [0.25, 0.3) is 0 Å². The molecular formula is C17H20N2O2. The maximum absolute atomic E-state index is 12.7. The third-order valence-corrected chi connectivity index (χ3v) is 4.11. The molecular weight excluding hydrogens is 264 g/mol. The molecule has 3 rings (SSSR count). The van der Waals surface area contributed by atoms with Crippen molar-refractivity contribution in [3.63, 3.8) is 0 Å². The fourth-order valence-electron chi connectivity index (χ4n) is 2.85. The minimum absolute atomic E-state index is 0.0998. The van der Waals surface area contributed by atoms with Gasteiger partial charge in [0.1, 0.15) is 11.8 Å². The molecule has 1 atom stereocenters. The summed E-state index contributed by atoms with van der Waals surface area (Å²) in [5.41, 5.74) is 3.42. The molecule has 1 N–H and O–H groups in total. The fourth-order valence-corrected chi connectivity index (χ4v) is 2.85. The number of hydrogen-bond acceptors (Lipinski definition) is 3. The predicted octanol–water partition coefficient (Wildman–Crippen LogP) is 2.43. The van der Waals surface area contributed by atoms with Crippen molar-refractivity contribution >= 4 is 5.91 Å². The number of amides is 1. The normalized spacial score (nSPS) is 17.3. The van der Waals surface area contributed by atoms with E-state index in [4.69, 9.17) is 4.42 Å². The Balaban J connectivity index is 1.78. The van der Waals surface area contributed by atoms with E-state index in [2.05, 4.69) is 11.4 Å². The quantitative estimate of drug-likeness (QED) is 0.941. The van der Waals surface area contributed by atoms with E-state index >= 15 is 0 Å². The molecule has 0 bridgehead atoms. The van der Waals surface area contributed by atoms with Gasteiger partial charge < -0.3 is 14.6 Å². The number of fused-ring (bicyclic) bond motifs is 1. The topological polar surface area (TPSA) is 45.5 Å². The molecule has 0 fully saturated rings. The van der Waals surface area contributed by atoms with Crippen LogP contribution in [-0.4, -0.2) is 24.4 Å². The SMILES string of the molecule is Cc1occc1CN(C)C(=O)C1NCCc2ccccc21. The fraction of sp³-hybridized carbons (Fsp3) is 0.353. The molecule has 0 saturated heterocycles. The molecule has 1 amide bonds. The van der Waals surface area contributed by atoms with Crippen molar-refractivity contribution in [2.24, 2.45) is 0 Å². The van der Waals surface area contributed by atoms with E-state index in [0.29, 0.717) is 6.54 Å². The summed E-state index contributed by atoms with van der Waals surface area (Å²) in [5, 5.41) is 3.34. The third-order valence-electron chi connectivity index (χ3n) is 4.11. The molecule has 0 aliphatic carbocycles. The molecule has 0 saturated carbocycles. The van der Waals surface area contributed by atoms with Crippen LogP contribution in [0.1, 0.15) is 28.5 Å². The van der Waals surface area contributed by atoms with Crippen LogP contribution in [-0.2, 0) is 17.8 Å². The molecule has 1 aromatic carbocycles. The van der Waals surface area contributed by atoms with Gasteiger partial charge in [0.25, 0.3) is 0 Å². The Kier molecular flexibility index (Phi) is 3.80. The Labute approximate surface area is 124 Å². The summed E-state index contributed by atoms with van der Waals surface area (Å²) in [4.78, 5) is 14.5. The van der Waals surface area contributed by atoms with E-state index < -0.39 is 0 Å². The first-order valence-corrected chi connectivity index (χ1v) is 7.26. The summed E-state index contributed by atoms with van der Waals surface area (Å²) in [6.07, 6.45) is 2.64. The number of likely N-dealkylation sites (N-methyl/N-ethyl adjacent to an activating group) is 1. The largest absolute Gasteiger partial charge is 0.469 e. The number of nitrogens with zero attached hydrogens (tertiary/aromatic N) is 1. The lowest BCUT2D eigenvalue weighted by atomic mass is 9.93. The standard InChI is InChI=1S/C17H20N2O2/c1-12-14(8-10-21-12)11-19(2)17(20)16-15-6-4-3-5-13(15)7-9-18-16/h3-6,8,10,16,18H,7,9,11H2,1-2H3. The monoisotopic (exact) mass is 284 g/mol. The second-order valence-corrected chi connectivity index (χ2v) is 5.53. The lowest BCUT2D eigenvalue weighted by Gasteiger charge is -2.29. The number of aryl methyl sites for hydroxylation is 1. The maximum atomic E-state index is 12.7. The van der Waals surface area contributed by atoms with E-state index in [0.717, 1.165) is 29.9 Å². The first-order valence-electron chi connectivity index (χ1n) is 7.26. The van der Waals surface area contributed by atoms with E-state index in [1.54, 1.807) is 11.2 Å². The second kappa shape index (κ2) is 5.74. The molecule has 0 spiro atoms. The van der Waals surface area contributed by atoms with Gasteiger partial charge in [-0.15, -0.1) is 0 Å². The highest BCUT2D eigenvalue weighted by atomic mass is 16.3. The molecule has 2 heterocycles. The van der Waals surface area contributed by atoms with Gasteiger partial charge in [-0.25, -0.2) is 0 Å². The van der Waals surface area contributed by atoms with Crippen molar-refractivity contribution in [3.8, 4) is 0 Å². The third kappa shape index (κ3) is 2.72. The molecule has 21 heavy (non-hydrogen) atoms. The summed E-state index contributed by atoms with van der Waals surface area (Å²) in [5.74, 6) is 0.967. The van der Waals surface area contributed by atoms with Gasteiger partial charge in [0.05, 0.1) is 6.26 Å². The van der Waals surface area contributed by atoms with Gasteiger partial charge in [0.2, 0.25) is 5.91 Å². The van der Waals surface area contributed by atoms with Crippen molar-refractivity contribution in [2.75, 3.05) is 13.6 Å². The number of rotatable bonds is 3. The van der Waals surface area contributed by atoms with Crippen molar-refractivity contribution < 1.29 is 9.21 Å². The van der Waals surface area contributed by atoms with Gasteiger partial charge in [-0.2, -0.15) is 0 Å². The molecule has 110 valence electrons. The summed E-state index contributed by atoms with van der Waals surface area (Å²) in [6.45, 7) is 3.33. The van der Waals surface area contributed by atoms with Gasteiger partial charge in [-0.05, 0) is 30.5 Å². The van der Waals surface area contributed by atoms with Crippen LogP contribution in [0.3, 0.4) is 0 Å². The maximum Gasteiger partial charge on any atom is 0.244 e. The number of hydrogen-bond donors (Lipinski definition) is 1. The van der Waals surface area contributed by atoms with Crippen LogP contribution in [0, 0.1) is 6.92 Å². The molecule has 4 nitrogen and oxygen atoms in total. The highest BCUT2D eigenvalue weighted by Gasteiger charge is 2.28. The van der Waals surface area contributed by atoms with Crippen LogP contribution >= 0.6 is 0 Å². The molecule has 1 unspecified atom stereocenters. The highest BCUT2D eigenvalue weighted by Crippen LogP contribution is 2.24. The Bertz CT molecular complexity index is 648. The van der Waals surface area contributed by atoms with E-state index in [9.17, 15) is 4.79 Å². The average Bonchev–Trinajstić information content (AvgIpc) is 2.91. The lowest BCUT2D eigenvalue weighted by molar-refractivity contribution is -0.133. The smallest absolute Gasteiger partial charge is 0.244 e. The first kappa shape index (κ1) is 13.9. The van der Waals surface area contributed by atoms with Gasteiger partial charge in [-0.1, -0.05) is 24.3 Å². The Morgan fingerprint density at radius 1 is 1.38 bits per heavy atom. The van der Waals surface area contributed by atoms with Crippen molar-refractivity contribution in [1.29, 1.82) is 0 Å². The zero-order valence-corrected chi connectivity index (χ0v) is 12.4. The van der Waals surface area contributed by atoms with Crippen LogP contribution in [0.4, 0.5) is 0 Å². The highest BCUT2D eigenvalue weighted by molar-refractivity contribution is 5.83. The summed E-state index contributed by atoms with van der Waals surface area (Å²) < 4.78 is 5.29. The Morgan fingerprint density at radius 3 is 2.95 bits per heavy atom. The van der Waals surface area contributed by atoms with Gasteiger partial charge in [0, 0.05) is 25.7 Å². The summed E-state index contributed by atoms with van der Waals surface area (Å²) in [6, 6.07) is 9.85. The Hall–Kier alpha value is -2.07. The molecule has 2 aromatic rings. The lowest BCUT2D eigenvalue weighted by Crippen LogP contribution is -2.42. The Morgan fingerprint density at radius 2 is 2.19 bits per heavy atom. The van der Waals surface area contributed by atoms with Crippen LogP contribution < -0.4 is 5.32 Å². The summed E-state index contributed by atoms with van der Waals surface area (Å²) >= 11 is 0. The van der Waals surface area contributed by atoms with E-state index in [1.807, 2.05) is 38.2 Å². The van der Waals surface area contributed by atoms with E-state index in [1.165, 1.54) is 5.56 Å².